The summed E-state index contributed by atoms with van der Waals surface area (Å²) in [4.78, 5) is 22.8. The first-order valence-corrected chi connectivity index (χ1v) is 8.88. The van der Waals surface area contributed by atoms with Crippen molar-refractivity contribution in [3.63, 3.8) is 0 Å². The molecule has 2 N–H and O–H groups in total. The largest absolute Gasteiger partial charge is 0.481 e. The number of aliphatic carboxylic acids is 1. The van der Waals surface area contributed by atoms with Crippen LogP contribution in [0.3, 0.4) is 0 Å². The number of halogens is 1. The summed E-state index contributed by atoms with van der Waals surface area (Å²) in [5.41, 5.74) is 4.31. The van der Waals surface area contributed by atoms with Gasteiger partial charge >= 0.3 is 5.97 Å². The lowest BCUT2D eigenvalue weighted by atomic mass is 9.99. The molecule has 4 nitrogen and oxygen atoms in total. The molecule has 0 unspecified atom stereocenters. The maximum Gasteiger partial charge on any atom is 0.305 e. The molecule has 0 spiro atoms. The van der Waals surface area contributed by atoms with Crippen molar-refractivity contribution in [1.82, 2.24) is 5.32 Å². The average Bonchev–Trinajstić information content (AvgIpc) is 2.69. The number of hydrogen-bond donors (Lipinski definition) is 2. The van der Waals surface area contributed by atoms with Gasteiger partial charge in [0.25, 0.3) is 5.91 Å². The first kappa shape index (κ1) is 18.7. The lowest BCUT2D eigenvalue weighted by Gasteiger charge is -2.10. The van der Waals surface area contributed by atoms with Gasteiger partial charge in [0.2, 0.25) is 0 Å². The van der Waals surface area contributed by atoms with Gasteiger partial charge in [-0.05, 0) is 34.9 Å². The lowest BCUT2D eigenvalue weighted by molar-refractivity contribution is -0.136. The van der Waals surface area contributed by atoms with Gasteiger partial charge in [-0.1, -0.05) is 66.2 Å². The molecule has 0 aliphatic rings. The van der Waals surface area contributed by atoms with Gasteiger partial charge in [0.15, 0.2) is 0 Å². The fourth-order valence-electron chi connectivity index (χ4n) is 2.75. The van der Waals surface area contributed by atoms with Crippen LogP contribution in [-0.4, -0.2) is 23.5 Å². The number of benzene rings is 3. The van der Waals surface area contributed by atoms with Gasteiger partial charge in [-0.3, -0.25) is 9.59 Å². The Morgan fingerprint density at radius 1 is 0.852 bits per heavy atom. The smallest absolute Gasteiger partial charge is 0.305 e. The van der Waals surface area contributed by atoms with Crippen LogP contribution in [-0.2, 0) is 4.79 Å². The zero-order valence-electron chi connectivity index (χ0n) is 14.5. The van der Waals surface area contributed by atoms with Gasteiger partial charge in [0.1, 0.15) is 0 Å². The Morgan fingerprint density at radius 3 is 2.15 bits per heavy atom. The molecule has 3 aromatic rings. The molecule has 1 amide bonds. The minimum Gasteiger partial charge on any atom is -0.481 e. The van der Waals surface area contributed by atoms with Crippen molar-refractivity contribution in [2.45, 2.75) is 6.42 Å². The van der Waals surface area contributed by atoms with Crippen molar-refractivity contribution < 1.29 is 14.7 Å². The monoisotopic (exact) mass is 379 g/mol. The molecule has 0 fully saturated rings. The molecular weight excluding hydrogens is 362 g/mol. The normalized spacial score (nSPS) is 10.4. The summed E-state index contributed by atoms with van der Waals surface area (Å²) in [5, 5.41) is 11.8. The number of nitrogens with one attached hydrogen (secondary N) is 1. The van der Waals surface area contributed by atoms with E-state index in [0.717, 1.165) is 22.3 Å². The SMILES string of the molecule is O=C(O)CCNC(=O)c1ccc(Cl)c(-c2ccc(-c3ccccc3)cc2)c1. The van der Waals surface area contributed by atoms with E-state index in [1.54, 1.807) is 18.2 Å². The highest BCUT2D eigenvalue weighted by molar-refractivity contribution is 6.33. The van der Waals surface area contributed by atoms with E-state index in [2.05, 4.69) is 5.32 Å². The highest BCUT2D eigenvalue weighted by Gasteiger charge is 2.11. The number of hydrogen-bond acceptors (Lipinski definition) is 2. The zero-order chi connectivity index (χ0) is 19.2. The molecule has 0 aliphatic heterocycles. The molecule has 0 radical (unpaired) electrons. The summed E-state index contributed by atoms with van der Waals surface area (Å²) in [6.45, 7) is 0.0812. The van der Waals surface area contributed by atoms with Crippen LogP contribution in [0.4, 0.5) is 0 Å². The summed E-state index contributed by atoms with van der Waals surface area (Å²) in [6, 6.07) is 23.0. The van der Waals surface area contributed by atoms with E-state index < -0.39 is 5.97 Å². The highest BCUT2D eigenvalue weighted by Crippen LogP contribution is 2.30. The van der Waals surface area contributed by atoms with Crippen molar-refractivity contribution in [2.75, 3.05) is 6.54 Å². The molecule has 3 rings (SSSR count). The van der Waals surface area contributed by atoms with Gasteiger partial charge in [-0.25, -0.2) is 0 Å². The van der Waals surface area contributed by atoms with Crippen LogP contribution in [0.25, 0.3) is 22.3 Å². The molecule has 5 heteroatoms. The maximum absolute atomic E-state index is 12.2. The van der Waals surface area contributed by atoms with E-state index in [-0.39, 0.29) is 18.9 Å². The topological polar surface area (TPSA) is 66.4 Å². The Balaban J connectivity index is 1.82. The van der Waals surface area contributed by atoms with Crippen LogP contribution in [0.1, 0.15) is 16.8 Å². The summed E-state index contributed by atoms with van der Waals surface area (Å²) in [7, 11) is 0. The third kappa shape index (κ3) is 4.74. The first-order valence-electron chi connectivity index (χ1n) is 8.50. The Hall–Kier alpha value is -3.11. The maximum atomic E-state index is 12.2. The molecule has 27 heavy (non-hydrogen) atoms. The van der Waals surface area contributed by atoms with Crippen molar-refractivity contribution in [1.29, 1.82) is 0 Å². The Morgan fingerprint density at radius 2 is 1.48 bits per heavy atom. The van der Waals surface area contributed by atoms with Crippen LogP contribution >= 0.6 is 11.6 Å². The summed E-state index contributed by atoms with van der Waals surface area (Å²) in [6.07, 6.45) is -0.118. The number of amides is 1. The Bertz CT molecular complexity index is 953. The predicted molar refractivity (Wildman–Crippen MR) is 107 cm³/mol. The number of carboxylic acids is 1. The van der Waals surface area contributed by atoms with E-state index in [0.29, 0.717) is 10.6 Å². The summed E-state index contributed by atoms with van der Waals surface area (Å²) in [5.74, 6) is -1.28. The third-order valence-corrected chi connectivity index (χ3v) is 4.49. The first-order chi connectivity index (χ1) is 13.0. The van der Waals surface area contributed by atoms with Crippen molar-refractivity contribution in [3.05, 3.63) is 83.4 Å². The van der Waals surface area contributed by atoms with Gasteiger partial charge in [-0.2, -0.15) is 0 Å². The highest BCUT2D eigenvalue weighted by atomic mass is 35.5. The van der Waals surface area contributed by atoms with E-state index in [4.69, 9.17) is 16.7 Å². The van der Waals surface area contributed by atoms with E-state index in [1.807, 2.05) is 54.6 Å². The molecule has 0 aromatic heterocycles. The molecule has 3 aromatic carbocycles. The molecule has 0 heterocycles. The van der Waals surface area contributed by atoms with E-state index in [9.17, 15) is 9.59 Å². The lowest BCUT2D eigenvalue weighted by Crippen LogP contribution is -2.25. The fraction of sp³-hybridized carbons (Fsp3) is 0.0909. The molecule has 0 saturated heterocycles. The van der Waals surface area contributed by atoms with E-state index in [1.165, 1.54) is 0 Å². The van der Waals surface area contributed by atoms with Gasteiger partial charge in [0, 0.05) is 22.7 Å². The molecule has 0 atom stereocenters. The van der Waals surface area contributed by atoms with Crippen LogP contribution in [0.2, 0.25) is 5.02 Å². The minimum atomic E-state index is -0.953. The number of carboxylic acid groups (broad SMARTS) is 1. The van der Waals surface area contributed by atoms with Crippen LogP contribution in [0, 0.1) is 0 Å². The van der Waals surface area contributed by atoms with E-state index >= 15 is 0 Å². The van der Waals surface area contributed by atoms with Gasteiger partial charge in [0.05, 0.1) is 6.42 Å². The average molecular weight is 380 g/mol. The predicted octanol–water partition coefficient (Wildman–Crippen LogP) is 4.88. The number of carbonyl (C=O) groups excluding carboxylic acids is 1. The fourth-order valence-corrected chi connectivity index (χ4v) is 2.97. The van der Waals surface area contributed by atoms with Gasteiger partial charge in [-0.15, -0.1) is 0 Å². The standard InChI is InChI=1S/C22H18ClNO3/c23-20-11-10-18(22(27)24-13-12-21(25)26)14-19(20)17-8-6-16(7-9-17)15-4-2-1-3-5-15/h1-11,14H,12-13H2,(H,24,27)(H,25,26). The van der Waals surface area contributed by atoms with Crippen LogP contribution in [0.15, 0.2) is 72.8 Å². The Labute approximate surface area is 162 Å². The van der Waals surface area contributed by atoms with Crippen molar-refractivity contribution in [3.8, 4) is 22.3 Å². The second kappa shape index (κ2) is 8.52. The van der Waals surface area contributed by atoms with Crippen LogP contribution < -0.4 is 5.32 Å². The molecule has 0 bridgehead atoms. The quantitative estimate of drug-likeness (QED) is 0.641. The second-order valence-corrected chi connectivity index (χ2v) is 6.44. The molecule has 0 saturated carbocycles. The molecule has 0 aliphatic carbocycles. The summed E-state index contributed by atoms with van der Waals surface area (Å²) >= 11 is 6.33. The van der Waals surface area contributed by atoms with Crippen molar-refractivity contribution >= 4 is 23.5 Å². The van der Waals surface area contributed by atoms with Gasteiger partial charge < -0.3 is 10.4 Å². The molecular formula is C22H18ClNO3. The van der Waals surface area contributed by atoms with Crippen LogP contribution in [0.5, 0.6) is 0 Å². The number of rotatable bonds is 6. The minimum absolute atomic E-state index is 0.0812. The third-order valence-electron chi connectivity index (χ3n) is 4.16. The second-order valence-electron chi connectivity index (χ2n) is 6.04. The number of carbonyl (C=O) groups is 2. The summed E-state index contributed by atoms with van der Waals surface area (Å²) < 4.78 is 0. The molecule has 136 valence electrons. The Kier molecular flexibility index (Phi) is 5.89. The zero-order valence-corrected chi connectivity index (χ0v) is 15.2. The van der Waals surface area contributed by atoms with Crippen molar-refractivity contribution in [2.24, 2.45) is 0 Å².